The van der Waals surface area contributed by atoms with E-state index in [1.54, 1.807) is 11.4 Å². The van der Waals surface area contributed by atoms with Crippen LogP contribution < -0.4 is 0 Å². The first kappa shape index (κ1) is 13.5. The van der Waals surface area contributed by atoms with Gasteiger partial charge < -0.3 is 5.11 Å². The van der Waals surface area contributed by atoms with Gasteiger partial charge in [-0.2, -0.15) is 4.31 Å². The molecule has 4 nitrogen and oxygen atoms in total. The Morgan fingerprint density at radius 1 is 1.53 bits per heavy atom. The fourth-order valence-corrected chi connectivity index (χ4v) is 6.15. The minimum Gasteiger partial charge on any atom is -0.395 e. The van der Waals surface area contributed by atoms with Crippen molar-refractivity contribution in [3.63, 3.8) is 0 Å². The number of nitrogens with zero attached hydrogens (tertiary/aromatic N) is 1. The summed E-state index contributed by atoms with van der Waals surface area (Å²) in [5.74, 6) is 0. The Balaban J connectivity index is 2.34. The van der Waals surface area contributed by atoms with Gasteiger partial charge in [-0.1, -0.05) is 6.42 Å². The van der Waals surface area contributed by atoms with Crippen LogP contribution >= 0.6 is 27.3 Å². The molecule has 1 unspecified atom stereocenters. The molecular weight excluding hydrogens is 326 g/mol. The maximum absolute atomic E-state index is 12.4. The summed E-state index contributed by atoms with van der Waals surface area (Å²) in [6.45, 7) is 0.389. The van der Waals surface area contributed by atoms with E-state index in [4.69, 9.17) is 0 Å². The van der Waals surface area contributed by atoms with Gasteiger partial charge in [0.25, 0.3) is 10.0 Å². The number of piperidine rings is 1. The van der Waals surface area contributed by atoms with Crippen molar-refractivity contribution in [1.82, 2.24) is 4.31 Å². The molecule has 1 aliphatic heterocycles. The van der Waals surface area contributed by atoms with Crippen molar-refractivity contribution in [3.05, 3.63) is 15.9 Å². The molecule has 0 radical (unpaired) electrons. The number of thiophene rings is 1. The Hall–Kier alpha value is 0.0500. The highest BCUT2D eigenvalue weighted by Crippen LogP contribution is 2.33. The van der Waals surface area contributed by atoms with Crippen molar-refractivity contribution in [2.24, 2.45) is 0 Å². The smallest absolute Gasteiger partial charge is 0.254 e. The van der Waals surface area contributed by atoms with E-state index >= 15 is 0 Å². The minimum atomic E-state index is -3.47. The summed E-state index contributed by atoms with van der Waals surface area (Å²) in [6, 6.07) is 1.46. The Morgan fingerprint density at radius 2 is 2.29 bits per heavy atom. The van der Waals surface area contributed by atoms with E-state index in [9.17, 15) is 13.5 Å². The average Bonchev–Trinajstić information content (AvgIpc) is 2.76. The monoisotopic (exact) mass is 339 g/mol. The fourth-order valence-electron chi connectivity index (χ4n) is 2.04. The average molecular weight is 340 g/mol. The van der Waals surface area contributed by atoms with E-state index in [1.165, 1.54) is 15.6 Å². The van der Waals surface area contributed by atoms with E-state index in [0.29, 0.717) is 15.2 Å². The summed E-state index contributed by atoms with van der Waals surface area (Å²) in [5.41, 5.74) is 0. The molecule has 2 heterocycles. The minimum absolute atomic E-state index is 0.109. The SMILES string of the molecule is O=S(=O)(c1sccc1Br)N1CCCCC1CO. The molecule has 0 amide bonds. The van der Waals surface area contributed by atoms with Gasteiger partial charge in [0.1, 0.15) is 4.21 Å². The van der Waals surface area contributed by atoms with Crippen LogP contribution in [0.4, 0.5) is 0 Å². The standard InChI is InChI=1S/C10H14BrNO3S2/c11-9-4-6-16-10(9)17(14,15)12-5-2-1-3-8(12)7-13/h4,6,8,13H,1-3,5,7H2. The molecule has 96 valence electrons. The number of aliphatic hydroxyl groups is 1. The van der Waals surface area contributed by atoms with Crippen molar-refractivity contribution < 1.29 is 13.5 Å². The molecule has 17 heavy (non-hydrogen) atoms. The Labute approximate surface area is 113 Å². The number of aliphatic hydroxyl groups excluding tert-OH is 1. The van der Waals surface area contributed by atoms with Crippen LogP contribution in [0.25, 0.3) is 0 Å². The van der Waals surface area contributed by atoms with Crippen molar-refractivity contribution in [3.8, 4) is 0 Å². The summed E-state index contributed by atoms with van der Waals surface area (Å²) in [5, 5.41) is 11.0. The highest BCUT2D eigenvalue weighted by atomic mass is 79.9. The van der Waals surface area contributed by atoms with Crippen LogP contribution in [-0.4, -0.2) is 37.0 Å². The zero-order valence-electron chi connectivity index (χ0n) is 9.17. The van der Waals surface area contributed by atoms with Crippen molar-refractivity contribution in [1.29, 1.82) is 0 Å². The molecule has 0 bridgehead atoms. The lowest BCUT2D eigenvalue weighted by Crippen LogP contribution is -2.45. The highest BCUT2D eigenvalue weighted by molar-refractivity contribution is 9.10. The zero-order valence-corrected chi connectivity index (χ0v) is 12.4. The third kappa shape index (κ3) is 2.58. The summed E-state index contributed by atoms with van der Waals surface area (Å²) >= 11 is 4.46. The lowest BCUT2D eigenvalue weighted by atomic mass is 10.1. The van der Waals surface area contributed by atoms with E-state index < -0.39 is 10.0 Å². The molecule has 0 spiro atoms. The lowest BCUT2D eigenvalue weighted by Gasteiger charge is -2.33. The van der Waals surface area contributed by atoms with Crippen LogP contribution in [0.5, 0.6) is 0 Å². The van der Waals surface area contributed by atoms with Gasteiger partial charge >= 0.3 is 0 Å². The van der Waals surface area contributed by atoms with Crippen molar-refractivity contribution in [2.45, 2.75) is 29.5 Å². The second kappa shape index (κ2) is 5.36. The first-order valence-electron chi connectivity index (χ1n) is 5.43. The topological polar surface area (TPSA) is 57.6 Å². The number of sulfonamides is 1. The van der Waals surface area contributed by atoms with E-state index in [1.807, 2.05) is 0 Å². The van der Waals surface area contributed by atoms with Gasteiger partial charge in [-0.25, -0.2) is 8.42 Å². The number of hydrogen-bond donors (Lipinski definition) is 1. The first-order chi connectivity index (χ1) is 8.07. The normalized spacial score (nSPS) is 22.8. The fraction of sp³-hybridized carbons (Fsp3) is 0.600. The van der Waals surface area contributed by atoms with Crippen molar-refractivity contribution in [2.75, 3.05) is 13.2 Å². The number of hydrogen-bond acceptors (Lipinski definition) is 4. The summed E-state index contributed by atoms with van der Waals surface area (Å²) < 4.78 is 27.2. The van der Waals surface area contributed by atoms with E-state index in [2.05, 4.69) is 15.9 Å². The number of halogens is 1. The molecule has 1 atom stereocenters. The first-order valence-corrected chi connectivity index (χ1v) is 8.54. The van der Waals surface area contributed by atoms with Gasteiger partial charge in [0.2, 0.25) is 0 Å². The third-order valence-corrected chi connectivity index (χ3v) is 7.51. The van der Waals surface area contributed by atoms with Gasteiger partial charge in [-0.05, 0) is 40.2 Å². The Bertz CT molecular complexity index is 485. The van der Waals surface area contributed by atoms with Crippen LogP contribution in [0.3, 0.4) is 0 Å². The second-order valence-electron chi connectivity index (χ2n) is 4.00. The molecule has 0 aromatic carbocycles. The molecule has 1 saturated heterocycles. The molecule has 1 aromatic heterocycles. The summed E-state index contributed by atoms with van der Waals surface area (Å²) in [4.78, 5) is 0. The van der Waals surface area contributed by atoms with Crippen LogP contribution in [0.1, 0.15) is 19.3 Å². The summed E-state index contributed by atoms with van der Waals surface area (Å²) in [6.07, 6.45) is 2.57. The molecule has 1 aliphatic rings. The molecule has 1 N–H and O–H groups in total. The van der Waals surface area contributed by atoms with Gasteiger partial charge in [0.15, 0.2) is 0 Å². The molecule has 1 aromatic rings. The largest absolute Gasteiger partial charge is 0.395 e. The predicted octanol–water partition coefficient (Wildman–Crippen LogP) is 2.05. The molecule has 1 fully saturated rings. The van der Waals surface area contributed by atoms with Crippen LogP contribution in [0.15, 0.2) is 20.1 Å². The summed E-state index contributed by atoms with van der Waals surface area (Å²) in [7, 11) is -3.47. The Kier molecular flexibility index (Phi) is 4.25. The van der Waals surface area contributed by atoms with Crippen LogP contribution in [-0.2, 0) is 10.0 Å². The lowest BCUT2D eigenvalue weighted by molar-refractivity contribution is 0.155. The van der Waals surface area contributed by atoms with E-state index in [0.717, 1.165) is 19.3 Å². The zero-order chi connectivity index (χ0) is 12.5. The van der Waals surface area contributed by atoms with Gasteiger partial charge in [-0.15, -0.1) is 11.3 Å². The van der Waals surface area contributed by atoms with Gasteiger partial charge in [0.05, 0.1) is 6.61 Å². The maximum Gasteiger partial charge on any atom is 0.254 e. The van der Waals surface area contributed by atoms with E-state index in [-0.39, 0.29) is 12.6 Å². The molecule has 0 saturated carbocycles. The second-order valence-corrected chi connectivity index (χ2v) is 7.86. The highest BCUT2D eigenvalue weighted by Gasteiger charge is 2.34. The number of rotatable bonds is 3. The van der Waals surface area contributed by atoms with Gasteiger partial charge in [-0.3, -0.25) is 0 Å². The maximum atomic E-state index is 12.4. The predicted molar refractivity (Wildman–Crippen MR) is 70.6 cm³/mol. The third-order valence-electron chi connectivity index (χ3n) is 2.91. The molecule has 2 rings (SSSR count). The van der Waals surface area contributed by atoms with Gasteiger partial charge in [0, 0.05) is 17.1 Å². The quantitative estimate of drug-likeness (QED) is 0.916. The van der Waals surface area contributed by atoms with Crippen LogP contribution in [0, 0.1) is 0 Å². The van der Waals surface area contributed by atoms with Crippen LogP contribution in [0.2, 0.25) is 0 Å². The molecule has 0 aliphatic carbocycles. The molecule has 7 heteroatoms. The van der Waals surface area contributed by atoms with Crippen molar-refractivity contribution >= 4 is 37.3 Å². The Morgan fingerprint density at radius 3 is 2.88 bits per heavy atom. The molecular formula is C10H14BrNO3S2.